The number of carbonyl (C=O) groups excluding carboxylic acids is 2. The minimum absolute atomic E-state index is 0.0177. The van der Waals surface area contributed by atoms with Crippen molar-refractivity contribution in [2.45, 2.75) is 37.5 Å². The highest BCUT2D eigenvalue weighted by molar-refractivity contribution is 7.89. The molecule has 3 rings (SSSR count). The molecule has 7 nitrogen and oxygen atoms in total. The Morgan fingerprint density at radius 1 is 0.972 bits per heavy atom. The quantitative estimate of drug-likeness (QED) is 0.245. The van der Waals surface area contributed by atoms with E-state index in [9.17, 15) is 18.0 Å². The van der Waals surface area contributed by atoms with E-state index in [0.29, 0.717) is 48.7 Å². The number of amides is 2. The highest BCUT2D eigenvalue weighted by Crippen LogP contribution is 2.26. The Labute approximate surface area is 225 Å². The molecule has 194 valence electrons. The molecule has 0 aliphatic heterocycles. The molecule has 0 bridgehead atoms. The van der Waals surface area contributed by atoms with Gasteiger partial charge in [-0.05, 0) is 60.9 Å². The van der Waals surface area contributed by atoms with E-state index in [1.807, 2.05) is 37.3 Å². The lowest BCUT2D eigenvalue weighted by atomic mass is 10.0. The normalized spacial score (nSPS) is 12.4. The maximum atomic E-state index is 12.4. The third-order valence-corrected chi connectivity index (χ3v) is 8.80. The van der Waals surface area contributed by atoms with E-state index >= 15 is 0 Å². The Morgan fingerprint density at radius 3 is 2.47 bits per heavy atom. The molecule has 1 unspecified atom stereocenters. The topological polar surface area (TPSA) is 104 Å². The molecule has 1 heterocycles. The monoisotopic (exact) mass is 569 g/mol. The predicted molar refractivity (Wildman–Crippen MR) is 146 cm³/mol. The van der Waals surface area contributed by atoms with Gasteiger partial charge in [-0.25, -0.2) is 13.1 Å². The van der Waals surface area contributed by atoms with Gasteiger partial charge in [-0.15, -0.1) is 11.3 Å². The van der Waals surface area contributed by atoms with Crippen molar-refractivity contribution in [1.82, 2.24) is 15.4 Å². The van der Waals surface area contributed by atoms with E-state index in [-0.39, 0.29) is 34.2 Å². The second-order valence-electron chi connectivity index (χ2n) is 8.53. The minimum Gasteiger partial charge on any atom is -0.356 e. The summed E-state index contributed by atoms with van der Waals surface area (Å²) >= 11 is 13.2. The van der Waals surface area contributed by atoms with Crippen molar-refractivity contribution in [1.29, 1.82) is 0 Å². The van der Waals surface area contributed by atoms with Crippen LogP contribution in [-0.4, -0.2) is 39.9 Å². The lowest BCUT2D eigenvalue weighted by Gasteiger charge is -2.12. The van der Waals surface area contributed by atoms with Crippen molar-refractivity contribution in [2.75, 3.05) is 19.6 Å². The summed E-state index contributed by atoms with van der Waals surface area (Å²) in [6, 6.07) is 14.0. The summed E-state index contributed by atoms with van der Waals surface area (Å²) in [6.07, 6.45) is 2.24. The van der Waals surface area contributed by atoms with Gasteiger partial charge in [0.15, 0.2) is 0 Å². The highest BCUT2D eigenvalue weighted by Gasteiger charge is 2.17. The molecule has 11 heteroatoms. The molecule has 2 amide bonds. The fourth-order valence-electron chi connectivity index (χ4n) is 3.56. The highest BCUT2D eigenvalue weighted by atomic mass is 35.5. The number of benzene rings is 2. The van der Waals surface area contributed by atoms with Gasteiger partial charge >= 0.3 is 0 Å². The summed E-state index contributed by atoms with van der Waals surface area (Å²) in [6.45, 7) is 3.16. The number of hydrogen-bond donors (Lipinski definition) is 3. The summed E-state index contributed by atoms with van der Waals surface area (Å²) in [4.78, 5) is 25.2. The van der Waals surface area contributed by atoms with Crippen LogP contribution in [0.3, 0.4) is 0 Å². The first-order valence-corrected chi connectivity index (χ1v) is 14.7. The summed E-state index contributed by atoms with van der Waals surface area (Å²) in [7, 11) is -3.72. The lowest BCUT2D eigenvalue weighted by molar-refractivity contribution is -0.121. The summed E-state index contributed by atoms with van der Waals surface area (Å²) in [5.41, 5.74) is 0. The number of unbranched alkanes of at least 4 members (excludes halogenated alkanes) is 1. The molecule has 2 aromatic carbocycles. The zero-order valence-corrected chi connectivity index (χ0v) is 23.0. The second-order valence-corrected chi connectivity index (χ2v) is 12.2. The first-order valence-electron chi connectivity index (χ1n) is 11.6. The van der Waals surface area contributed by atoms with Gasteiger partial charge in [-0.2, -0.15) is 0 Å². The average Bonchev–Trinajstić information content (AvgIpc) is 3.25. The maximum Gasteiger partial charge on any atom is 0.261 e. The molecule has 0 radical (unpaired) electrons. The third kappa shape index (κ3) is 8.45. The van der Waals surface area contributed by atoms with Gasteiger partial charge < -0.3 is 10.6 Å². The van der Waals surface area contributed by atoms with Gasteiger partial charge in [0.1, 0.15) is 4.90 Å². The first-order chi connectivity index (χ1) is 17.2. The van der Waals surface area contributed by atoms with E-state index in [4.69, 9.17) is 23.2 Å². The molecule has 0 saturated heterocycles. The van der Waals surface area contributed by atoms with Crippen molar-refractivity contribution in [2.24, 2.45) is 5.92 Å². The first kappa shape index (κ1) is 28.4. The Kier molecular flexibility index (Phi) is 10.6. The summed E-state index contributed by atoms with van der Waals surface area (Å²) in [5, 5.41) is 7.27. The van der Waals surface area contributed by atoms with E-state index in [1.54, 1.807) is 0 Å². The van der Waals surface area contributed by atoms with E-state index < -0.39 is 10.0 Å². The zero-order chi connectivity index (χ0) is 26.1. The van der Waals surface area contributed by atoms with Crippen LogP contribution in [0.25, 0.3) is 10.1 Å². The summed E-state index contributed by atoms with van der Waals surface area (Å²) in [5.74, 6) is -0.0442. The van der Waals surface area contributed by atoms with Crippen LogP contribution in [0.15, 0.2) is 53.4 Å². The number of halogens is 2. The molecular formula is C25H29Cl2N3O4S2. The third-order valence-electron chi connectivity index (χ3n) is 5.51. The molecule has 36 heavy (non-hydrogen) atoms. The van der Waals surface area contributed by atoms with Gasteiger partial charge in [0.25, 0.3) is 5.91 Å². The minimum atomic E-state index is -3.72. The fraction of sp³-hybridized carbons (Fsp3) is 0.360. The molecule has 0 fully saturated rings. The Morgan fingerprint density at radius 2 is 1.72 bits per heavy atom. The fourth-order valence-corrected chi connectivity index (χ4v) is 6.38. The average molecular weight is 571 g/mol. The van der Waals surface area contributed by atoms with E-state index in [2.05, 4.69) is 15.4 Å². The molecule has 0 aliphatic carbocycles. The van der Waals surface area contributed by atoms with Crippen LogP contribution in [0.4, 0.5) is 0 Å². The maximum absolute atomic E-state index is 12.4. The van der Waals surface area contributed by atoms with Gasteiger partial charge in [-0.3, -0.25) is 9.59 Å². The molecule has 0 saturated carbocycles. The number of fused-ring (bicyclic) bond motifs is 1. The van der Waals surface area contributed by atoms with Crippen LogP contribution in [0, 0.1) is 5.92 Å². The zero-order valence-electron chi connectivity index (χ0n) is 19.9. The van der Waals surface area contributed by atoms with Crippen molar-refractivity contribution in [3.8, 4) is 0 Å². The van der Waals surface area contributed by atoms with Crippen molar-refractivity contribution in [3.05, 3.63) is 63.5 Å². The van der Waals surface area contributed by atoms with Gasteiger partial charge in [0.05, 0.1) is 9.90 Å². The van der Waals surface area contributed by atoms with Crippen molar-refractivity contribution >= 4 is 66.5 Å². The molecular weight excluding hydrogens is 541 g/mol. The van der Waals surface area contributed by atoms with Crippen LogP contribution < -0.4 is 15.4 Å². The van der Waals surface area contributed by atoms with Crippen LogP contribution in [0.2, 0.25) is 10.0 Å². The lowest BCUT2D eigenvalue weighted by Crippen LogP contribution is -2.29. The van der Waals surface area contributed by atoms with Gasteiger partial charge in [0.2, 0.25) is 15.9 Å². The number of sulfonamides is 1. The number of thiophene rings is 1. The van der Waals surface area contributed by atoms with Crippen molar-refractivity contribution in [3.63, 3.8) is 0 Å². The SMILES string of the molecule is CC(CCNC(=O)c1cc2ccccc2s1)CC(=O)NCCCCNS(=O)(=O)c1ccc(Cl)cc1Cl. The predicted octanol–water partition coefficient (Wildman–Crippen LogP) is 5.23. The second kappa shape index (κ2) is 13.4. The van der Waals surface area contributed by atoms with E-state index in [1.165, 1.54) is 29.5 Å². The Balaban J connectivity index is 1.27. The van der Waals surface area contributed by atoms with Crippen molar-refractivity contribution < 1.29 is 18.0 Å². The van der Waals surface area contributed by atoms with Gasteiger partial charge in [0, 0.05) is 35.8 Å². The number of nitrogens with one attached hydrogen (secondary N) is 3. The van der Waals surface area contributed by atoms with Crippen LogP contribution in [-0.2, 0) is 14.8 Å². The smallest absolute Gasteiger partial charge is 0.261 e. The van der Waals surface area contributed by atoms with Crippen LogP contribution in [0.1, 0.15) is 42.3 Å². The largest absolute Gasteiger partial charge is 0.356 e. The molecule has 1 atom stereocenters. The summed E-state index contributed by atoms with van der Waals surface area (Å²) < 4.78 is 28.3. The van der Waals surface area contributed by atoms with E-state index in [0.717, 1.165) is 10.1 Å². The van der Waals surface area contributed by atoms with Crippen LogP contribution >= 0.6 is 34.5 Å². The van der Waals surface area contributed by atoms with Gasteiger partial charge in [-0.1, -0.05) is 48.3 Å². The molecule has 3 aromatic rings. The number of carbonyl (C=O) groups is 2. The number of hydrogen-bond acceptors (Lipinski definition) is 5. The van der Waals surface area contributed by atoms with Crippen LogP contribution in [0.5, 0.6) is 0 Å². The Hall–Kier alpha value is -2.17. The number of rotatable bonds is 13. The Bertz CT molecular complexity index is 1280. The standard InChI is InChI=1S/C25H29Cl2N3O4S2/c1-17(10-13-29-25(32)22-15-18-6-2-3-7-21(18)35-22)14-24(31)28-11-4-5-12-30-36(33,34)23-9-8-19(26)16-20(23)27/h2-3,6-9,15-17,30H,4-5,10-14H2,1H3,(H,28,31)(H,29,32). The molecule has 0 aliphatic rings. The molecule has 3 N–H and O–H groups in total. The molecule has 0 spiro atoms. The molecule has 1 aromatic heterocycles.